The fourth-order valence-electron chi connectivity index (χ4n) is 1.29. The van der Waals surface area contributed by atoms with Gasteiger partial charge in [0.05, 0.1) is 0 Å². The zero-order chi connectivity index (χ0) is 11.3. The Morgan fingerprint density at radius 3 is 1.87 bits per heavy atom. The molecule has 3 nitrogen and oxygen atoms in total. The average Bonchev–Trinajstić information content (AvgIpc) is 2.30. The van der Waals surface area contributed by atoms with Gasteiger partial charge in [-0.3, -0.25) is 0 Å². The van der Waals surface area contributed by atoms with Crippen LogP contribution in [0.25, 0.3) is 0 Å². The monoisotopic (exact) mass is 205 g/mol. The van der Waals surface area contributed by atoms with E-state index >= 15 is 0 Å². The zero-order valence-corrected chi connectivity index (χ0v) is 8.45. The molecule has 1 rings (SSSR count). The molecule has 0 bridgehead atoms. The van der Waals surface area contributed by atoms with Crippen molar-refractivity contribution in [3.05, 3.63) is 55.6 Å². The smallest absolute Gasteiger partial charge is 0.148 e. The predicted octanol–water partition coefficient (Wildman–Crippen LogP) is 1.50. The maximum atomic E-state index is 9.67. The molecular weight excluding hydrogens is 190 g/mol. The average molecular weight is 205 g/mol. The third kappa shape index (κ3) is 2.68. The van der Waals surface area contributed by atoms with Crippen LogP contribution in [0.5, 0.6) is 0 Å². The van der Waals surface area contributed by atoms with E-state index in [9.17, 15) is 10.2 Å². The van der Waals surface area contributed by atoms with Gasteiger partial charge in [-0.2, -0.15) is 0 Å². The van der Waals surface area contributed by atoms with Crippen LogP contribution in [0.3, 0.4) is 0 Å². The van der Waals surface area contributed by atoms with Gasteiger partial charge in [0.25, 0.3) is 0 Å². The summed E-state index contributed by atoms with van der Waals surface area (Å²) in [6.45, 7) is 6.97. The quantitative estimate of drug-likeness (QED) is 0.565. The van der Waals surface area contributed by atoms with E-state index in [1.54, 1.807) is 12.1 Å². The predicted molar refractivity (Wildman–Crippen MR) is 61.3 cm³/mol. The maximum absolute atomic E-state index is 9.67. The van der Waals surface area contributed by atoms with Gasteiger partial charge in [-0.15, -0.1) is 0 Å². The van der Waals surface area contributed by atoms with Crippen LogP contribution < -0.4 is 4.90 Å². The Balaban J connectivity index is 3.01. The minimum Gasteiger partial charge on any atom is -0.370 e. The molecule has 0 aliphatic carbocycles. The van der Waals surface area contributed by atoms with E-state index in [1.807, 2.05) is 18.2 Å². The normalized spacial score (nSPS) is 14.0. The minimum absolute atomic E-state index is 0.706. The van der Waals surface area contributed by atoms with Crippen LogP contribution >= 0.6 is 0 Å². The summed E-state index contributed by atoms with van der Waals surface area (Å²) in [6.07, 6.45) is 0.806. The molecule has 0 aliphatic heterocycles. The lowest BCUT2D eigenvalue weighted by Crippen LogP contribution is -2.41. The van der Waals surface area contributed by atoms with Crippen LogP contribution in [-0.2, 0) is 0 Å². The molecule has 0 spiro atoms. The van der Waals surface area contributed by atoms with Gasteiger partial charge in [0.15, 0.2) is 0 Å². The Bertz CT molecular complexity index is 310. The molecule has 0 aliphatic rings. The largest absolute Gasteiger partial charge is 0.370 e. The van der Waals surface area contributed by atoms with Gasteiger partial charge in [-0.05, 0) is 24.3 Å². The number of hydrogen-bond acceptors (Lipinski definition) is 3. The van der Waals surface area contributed by atoms with Crippen molar-refractivity contribution in [1.82, 2.24) is 0 Å². The number of anilines is 1. The summed E-state index contributed by atoms with van der Waals surface area (Å²) in [7, 11) is 0. The standard InChI is InChI=1S/C12H15NO2/c1-3-11(14)13(12(15)4-2)10-8-6-5-7-9-10/h3-9,11-12,14-15H,1-2H2. The summed E-state index contributed by atoms with van der Waals surface area (Å²) in [5.74, 6) is 0. The Morgan fingerprint density at radius 1 is 1.00 bits per heavy atom. The molecule has 80 valence electrons. The Morgan fingerprint density at radius 2 is 1.47 bits per heavy atom. The Labute approximate surface area is 89.6 Å². The highest BCUT2D eigenvalue weighted by atomic mass is 16.3. The van der Waals surface area contributed by atoms with Gasteiger partial charge in [0, 0.05) is 5.69 Å². The summed E-state index contributed by atoms with van der Waals surface area (Å²) in [6, 6.07) is 9.10. The topological polar surface area (TPSA) is 43.7 Å². The molecule has 15 heavy (non-hydrogen) atoms. The molecule has 0 fully saturated rings. The number of aliphatic hydroxyl groups is 2. The third-order valence-corrected chi connectivity index (χ3v) is 2.05. The van der Waals surface area contributed by atoms with Crippen molar-refractivity contribution in [2.24, 2.45) is 0 Å². The minimum atomic E-state index is -0.944. The first-order valence-corrected chi connectivity index (χ1v) is 4.65. The van der Waals surface area contributed by atoms with Crippen molar-refractivity contribution in [3.8, 4) is 0 Å². The molecule has 0 heterocycles. The van der Waals surface area contributed by atoms with Gasteiger partial charge >= 0.3 is 0 Å². The number of nitrogens with zero attached hydrogens (tertiary/aromatic N) is 1. The van der Waals surface area contributed by atoms with Crippen LogP contribution in [0.4, 0.5) is 5.69 Å². The van der Waals surface area contributed by atoms with E-state index in [0.717, 1.165) is 0 Å². The zero-order valence-electron chi connectivity index (χ0n) is 8.45. The van der Waals surface area contributed by atoms with Crippen LogP contribution in [0.2, 0.25) is 0 Å². The number of rotatable bonds is 5. The van der Waals surface area contributed by atoms with Gasteiger partial charge in [-0.25, -0.2) is 0 Å². The van der Waals surface area contributed by atoms with E-state index in [1.165, 1.54) is 17.1 Å². The number of para-hydroxylation sites is 1. The third-order valence-electron chi connectivity index (χ3n) is 2.05. The first-order valence-electron chi connectivity index (χ1n) is 4.65. The molecule has 2 atom stereocenters. The fourth-order valence-corrected chi connectivity index (χ4v) is 1.29. The van der Waals surface area contributed by atoms with Crippen LogP contribution in [-0.4, -0.2) is 22.7 Å². The summed E-state index contributed by atoms with van der Waals surface area (Å²) >= 11 is 0. The molecule has 0 radical (unpaired) electrons. The highest BCUT2D eigenvalue weighted by Gasteiger charge is 2.18. The van der Waals surface area contributed by atoms with Crippen LogP contribution in [0.15, 0.2) is 55.6 Å². The van der Waals surface area contributed by atoms with Crippen LogP contribution in [0, 0.1) is 0 Å². The highest BCUT2D eigenvalue weighted by molar-refractivity contribution is 5.48. The molecule has 2 unspecified atom stereocenters. The van der Waals surface area contributed by atoms with E-state index < -0.39 is 12.5 Å². The molecule has 0 saturated carbocycles. The first kappa shape index (κ1) is 11.5. The lowest BCUT2D eigenvalue weighted by Gasteiger charge is -2.31. The van der Waals surface area contributed by atoms with E-state index in [2.05, 4.69) is 13.2 Å². The van der Waals surface area contributed by atoms with Crippen molar-refractivity contribution in [3.63, 3.8) is 0 Å². The fraction of sp³-hybridized carbons (Fsp3) is 0.167. The van der Waals surface area contributed by atoms with Crippen molar-refractivity contribution in [2.75, 3.05) is 4.90 Å². The summed E-state index contributed by atoms with van der Waals surface area (Å²) in [5, 5.41) is 19.3. The van der Waals surface area contributed by atoms with E-state index in [0.29, 0.717) is 5.69 Å². The molecular formula is C12H15NO2. The highest BCUT2D eigenvalue weighted by Crippen LogP contribution is 2.18. The lowest BCUT2D eigenvalue weighted by atomic mass is 10.2. The molecule has 2 N–H and O–H groups in total. The van der Waals surface area contributed by atoms with Crippen molar-refractivity contribution < 1.29 is 10.2 Å². The Hall–Kier alpha value is -1.58. The molecule has 3 heteroatoms. The molecule has 1 aromatic carbocycles. The Kier molecular flexibility index (Phi) is 4.09. The lowest BCUT2D eigenvalue weighted by molar-refractivity contribution is 0.136. The molecule has 0 saturated heterocycles. The van der Waals surface area contributed by atoms with Crippen LogP contribution in [0.1, 0.15) is 0 Å². The maximum Gasteiger partial charge on any atom is 0.148 e. The summed E-state index contributed by atoms with van der Waals surface area (Å²) in [5.41, 5.74) is 0.706. The van der Waals surface area contributed by atoms with E-state index in [4.69, 9.17) is 0 Å². The van der Waals surface area contributed by atoms with Crippen molar-refractivity contribution in [2.45, 2.75) is 12.5 Å². The summed E-state index contributed by atoms with van der Waals surface area (Å²) < 4.78 is 0. The van der Waals surface area contributed by atoms with Crippen molar-refractivity contribution in [1.29, 1.82) is 0 Å². The van der Waals surface area contributed by atoms with Gasteiger partial charge in [-0.1, -0.05) is 31.4 Å². The molecule has 1 aromatic rings. The van der Waals surface area contributed by atoms with Gasteiger partial charge in [0.2, 0.25) is 0 Å². The first-order chi connectivity index (χ1) is 7.20. The number of hydrogen-bond donors (Lipinski definition) is 2. The SMILES string of the molecule is C=CC(O)N(c1ccccc1)C(O)C=C. The molecule has 0 aromatic heterocycles. The second-order valence-corrected chi connectivity index (χ2v) is 3.04. The van der Waals surface area contributed by atoms with Gasteiger partial charge in [0.1, 0.15) is 12.5 Å². The molecule has 0 amide bonds. The number of benzene rings is 1. The van der Waals surface area contributed by atoms with Crippen molar-refractivity contribution >= 4 is 5.69 Å². The second-order valence-electron chi connectivity index (χ2n) is 3.04. The second kappa shape index (κ2) is 5.34. The number of aliphatic hydroxyl groups excluding tert-OH is 2. The van der Waals surface area contributed by atoms with E-state index in [-0.39, 0.29) is 0 Å². The summed E-state index contributed by atoms with van der Waals surface area (Å²) in [4.78, 5) is 1.40. The van der Waals surface area contributed by atoms with Gasteiger partial charge < -0.3 is 15.1 Å².